The lowest BCUT2D eigenvalue weighted by Crippen LogP contribution is -2.51. The summed E-state index contributed by atoms with van der Waals surface area (Å²) in [5.41, 5.74) is 0.914. The van der Waals surface area contributed by atoms with E-state index in [4.69, 9.17) is 4.74 Å². The van der Waals surface area contributed by atoms with Gasteiger partial charge >= 0.3 is 5.97 Å². The van der Waals surface area contributed by atoms with Crippen LogP contribution >= 0.6 is 22.6 Å². The maximum Gasteiger partial charge on any atom is 0.332 e. The van der Waals surface area contributed by atoms with E-state index in [-0.39, 0.29) is 8.82 Å². The summed E-state index contributed by atoms with van der Waals surface area (Å²) >= 11 is 2.27. The second kappa shape index (κ2) is 8.96. The molecule has 0 radical (unpaired) electrons. The van der Waals surface area contributed by atoms with Crippen molar-refractivity contribution in [1.29, 1.82) is 0 Å². The molecule has 1 aliphatic rings. The Morgan fingerprint density at radius 2 is 1.53 bits per heavy atom. The van der Waals surface area contributed by atoms with Gasteiger partial charge in [0.25, 0.3) is 0 Å². The number of rotatable bonds is 5. The molecule has 0 N–H and O–H groups in total. The Kier molecular flexibility index (Phi) is 6.42. The zero-order chi connectivity index (χ0) is 22.9. The summed E-state index contributed by atoms with van der Waals surface area (Å²) in [6.45, 7) is 1.91. The van der Waals surface area contributed by atoms with Crippen molar-refractivity contribution in [3.63, 3.8) is 0 Å². The number of ether oxygens (including phenoxy) is 1. The van der Waals surface area contributed by atoms with Crippen LogP contribution in [0.1, 0.15) is 29.2 Å². The smallest absolute Gasteiger partial charge is 0.332 e. The molecule has 1 saturated heterocycles. The number of carbonyl (C=O) groups excluding carboxylic acids is 1. The lowest BCUT2D eigenvalue weighted by molar-refractivity contribution is -0.152. The van der Waals surface area contributed by atoms with Gasteiger partial charge in [-0.25, -0.2) is 13.2 Å². The molecule has 3 atom stereocenters. The molecule has 1 fully saturated rings. The van der Waals surface area contributed by atoms with E-state index in [2.05, 4.69) is 22.6 Å². The van der Waals surface area contributed by atoms with Crippen LogP contribution in [0.2, 0.25) is 0 Å². The predicted octanol–water partition coefficient (Wildman–Crippen LogP) is 5.00. The van der Waals surface area contributed by atoms with Gasteiger partial charge in [-0.3, -0.25) is 0 Å². The van der Waals surface area contributed by atoms with E-state index in [0.29, 0.717) is 12.0 Å². The first-order valence-electron chi connectivity index (χ1n) is 10.3. The number of nitrogens with zero attached hydrogens (tertiary/aromatic N) is 1. The first-order valence-corrected chi connectivity index (χ1v) is 12.9. The fraction of sp³-hybridized carbons (Fsp3) is 0.240. The van der Waals surface area contributed by atoms with E-state index in [1.165, 1.54) is 11.4 Å². The van der Waals surface area contributed by atoms with E-state index >= 15 is 0 Å². The molecule has 32 heavy (non-hydrogen) atoms. The number of methoxy groups -OCH3 is 1. The van der Waals surface area contributed by atoms with Crippen molar-refractivity contribution in [3.8, 4) is 0 Å². The van der Waals surface area contributed by atoms with Crippen molar-refractivity contribution >= 4 is 38.6 Å². The van der Waals surface area contributed by atoms with Crippen LogP contribution < -0.4 is 0 Å². The van der Waals surface area contributed by atoms with E-state index in [9.17, 15) is 13.2 Å². The van der Waals surface area contributed by atoms with Gasteiger partial charge in [0.2, 0.25) is 10.0 Å². The number of aryl methyl sites for hydroxylation is 1. The maximum absolute atomic E-state index is 14.2. The number of carbonyl (C=O) groups is 1. The highest BCUT2D eigenvalue weighted by molar-refractivity contribution is 14.1. The van der Waals surface area contributed by atoms with Crippen molar-refractivity contribution in [3.05, 3.63) is 102 Å². The molecule has 0 unspecified atom stereocenters. The van der Waals surface area contributed by atoms with Crippen LogP contribution in [0.15, 0.2) is 89.8 Å². The molecule has 0 aromatic heterocycles. The molecule has 7 heteroatoms. The van der Waals surface area contributed by atoms with Gasteiger partial charge in [0.15, 0.2) is 5.54 Å². The molecule has 5 nitrogen and oxygen atoms in total. The number of alkyl halides is 1. The predicted molar refractivity (Wildman–Crippen MR) is 132 cm³/mol. The van der Waals surface area contributed by atoms with Crippen LogP contribution in [0.25, 0.3) is 0 Å². The van der Waals surface area contributed by atoms with Gasteiger partial charge in [-0.1, -0.05) is 101 Å². The molecule has 1 heterocycles. The summed E-state index contributed by atoms with van der Waals surface area (Å²) in [4.78, 5) is 13.6. The van der Waals surface area contributed by atoms with Crippen molar-refractivity contribution < 1.29 is 17.9 Å². The number of hydrogen-bond acceptors (Lipinski definition) is 4. The summed E-state index contributed by atoms with van der Waals surface area (Å²) in [5, 5.41) is 0. The molecule has 3 aromatic carbocycles. The van der Waals surface area contributed by atoms with Gasteiger partial charge in [0, 0.05) is 3.92 Å². The van der Waals surface area contributed by atoms with E-state index in [1.807, 2.05) is 55.5 Å². The fourth-order valence-electron chi connectivity index (χ4n) is 4.46. The van der Waals surface area contributed by atoms with E-state index in [1.54, 1.807) is 36.4 Å². The second-order valence-corrected chi connectivity index (χ2v) is 11.3. The minimum atomic E-state index is -4.07. The van der Waals surface area contributed by atoms with Gasteiger partial charge < -0.3 is 4.74 Å². The molecular weight excluding hydrogens is 537 g/mol. The van der Waals surface area contributed by atoms with E-state index < -0.39 is 27.6 Å². The minimum Gasteiger partial charge on any atom is -0.467 e. The number of sulfonamides is 1. The molecule has 0 bridgehead atoms. The number of esters is 1. The highest BCUT2D eigenvalue weighted by Crippen LogP contribution is 2.54. The van der Waals surface area contributed by atoms with Gasteiger partial charge in [-0.05, 0) is 36.6 Å². The standard InChI is InChI=1S/C25H24INO4S/c1-18-13-15-21(16-14-18)32(29,30)27-23(19-9-5-3-6-10-19)22(26)17-25(27,24(28)31-2)20-11-7-4-8-12-20/h3-16,22-23H,17H2,1-2H3/t22-,23+,25-/m0/s1. The Morgan fingerprint density at radius 3 is 2.09 bits per heavy atom. The number of hydrogen-bond donors (Lipinski definition) is 0. The van der Waals surface area contributed by atoms with Crippen LogP contribution in [0, 0.1) is 6.92 Å². The Labute approximate surface area is 202 Å². The summed E-state index contributed by atoms with van der Waals surface area (Å²) in [5.74, 6) is -0.584. The first kappa shape index (κ1) is 22.9. The largest absolute Gasteiger partial charge is 0.467 e. The Balaban J connectivity index is 2.02. The average Bonchev–Trinajstić information content (AvgIpc) is 3.14. The Bertz CT molecular complexity index is 1200. The summed E-state index contributed by atoms with van der Waals surface area (Å²) in [6, 6.07) is 24.7. The lowest BCUT2D eigenvalue weighted by atomic mass is 9.88. The van der Waals surface area contributed by atoms with Crippen molar-refractivity contribution in [2.24, 2.45) is 0 Å². The van der Waals surface area contributed by atoms with Crippen LogP contribution in [0.5, 0.6) is 0 Å². The molecule has 0 spiro atoms. The van der Waals surface area contributed by atoms with Gasteiger partial charge in [0.05, 0.1) is 18.0 Å². The Hall–Kier alpha value is -2.23. The first-order chi connectivity index (χ1) is 15.3. The lowest BCUT2D eigenvalue weighted by Gasteiger charge is -2.38. The zero-order valence-electron chi connectivity index (χ0n) is 17.8. The SMILES string of the molecule is COC(=O)[C@@]1(c2ccccc2)C[C@H](I)[C@@H](c2ccccc2)N1S(=O)(=O)c1ccc(C)cc1. The van der Waals surface area contributed by atoms with Crippen LogP contribution in [-0.2, 0) is 25.1 Å². The molecule has 166 valence electrons. The molecule has 3 aromatic rings. The highest BCUT2D eigenvalue weighted by atomic mass is 127. The topological polar surface area (TPSA) is 63.7 Å². The normalized spacial score (nSPS) is 23.7. The molecule has 0 amide bonds. The number of benzene rings is 3. The average molecular weight is 561 g/mol. The summed E-state index contributed by atoms with van der Waals surface area (Å²) in [7, 11) is -2.76. The maximum atomic E-state index is 14.2. The van der Waals surface area contributed by atoms with Gasteiger partial charge in [-0.2, -0.15) is 4.31 Å². The quantitative estimate of drug-likeness (QED) is 0.250. The third-order valence-corrected chi connectivity index (χ3v) is 9.00. The van der Waals surface area contributed by atoms with Gasteiger partial charge in [0.1, 0.15) is 0 Å². The van der Waals surface area contributed by atoms with Crippen LogP contribution in [0.3, 0.4) is 0 Å². The molecule has 1 aliphatic heterocycles. The Morgan fingerprint density at radius 1 is 0.969 bits per heavy atom. The summed E-state index contributed by atoms with van der Waals surface area (Å²) in [6.07, 6.45) is 0.300. The number of halogens is 1. The third kappa shape index (κ3) is 3.76. The zero-order valence-corrected chi connectivity index (χ0v) is 20.8. The summed E-state index contributed by atoms with van der Waals surface area (Å²) < 4.78 is 34.9. The highest BCUT2D eigenvalue weighted by Gasteiger charge is 2.62. The fourth-order valence-corrected chi connectivity index (χ4v) is 7.99. The van der Waals surface area contributed by atoms with Crippen LogP contribution in [-0.4, -0.2) is 29.7 Å². The molecular formula is C25H24INO4S. The van der Waals surface area contributed by atoms with Crippen molar-refractivity contribution in [2.45, 2.75) is 33.7 Å². The monoisotopic (exact) mass is 561 g/mol. The molecule has 0 saturated carbocycles. The molecule has 4 rings (SSSR count). The van der Waals surface area contributed by atoms with E-state index in [0.717, 1.165) is 11.1 Å². The van der Waals surface area contributed by atoms with Crippen molar-refractivity contribution in [2.75, 3.05) is 7.11 Å². The minimum absolute atomic E-state index is 0.152. The molecule has 0 aliphatic carbocycles. The second-order valence-electron chi connectivity index (χ2n) is 7.91. The third-order valence-electron chi connectivity index (χ3n) is 5.96. The van der Waals surface area contributed by atoms with Crippen LogP contribution in [0.4, 0.5) is 0 Å². The van der Waals surface area contributed by atoms with Gasteiger partial charge in [-0.15, -0.1) is 0 Å². The van der Waals surface area contributed by atoms with Crippen molar-refractivity contribution in [1.82, 2.24) is 4.31 Å².